The van der Waals surface area contributed by atoms with E-state index in [9.17, 15) is 4.79 Å². The predicted molar refractivity (Wildman–Crippen MR) is 60.9 cm³/mol. The van der Waals surface area contributed by atoms with Crippen LogP contribution in [0.4, 0.5) is 0 Å². The van der Waals surface area contributed by atoms with E-state index < -0.39 is 5.97 Å². The van der Waals surface area contributed by atoms with Gasteiger partial charge in [0.2, 0.25) is 0 Å². The van der Waals surface area contributed by atoms with E-state index in [1.165, 1.54) is 6.20 Å². The lowest BCUT2D eigenvalue weighted by Gasteiger charge is -2.25. The number of nitrogens with zero attached hydrogens (tertiary/aromatic N) is 1. The summed E-state index contributed by atoms with van der Waals surface area (Å²) in [5.41, 5.74) is 0.469. The quantitative estimate of drug-likeness (QED) is 0.852. The second kappa shape index (κ2) is 4.51. The first-order chi connectivity index (χ1) is 7.35. The zero-order valence-corrected chi connectivity index (χ0v) is 10.1. The number of carboxylic acids is 1. The third-order valence-corrected chi connectivity index (χ3v) is 2.47. The highest BCUT2D eigenvalue weighted by Gasteiger charge is 2.21. The zero-order chi connectivity index (χ0) is 12.3. The Bertz CT molecular complexity index is 399. The van der Waals surface area contributed by atoms with Crippen molar-refractivity contribution < 1.29 is 14.6 Å². The molecule has 0 saturated heterocycles. The molecule has 4 heteroatoms. The van der Waals surface area contributed by atoms with E-state index in [0.717, 1.165) is 12.1 Å². The Hall–Kier alpha value is -1.58. The molecule has 0 radical (unpaired) electrons. The first kappa shape index (κ1) is 12.5. The molecule has 0 amide bonds. The lowest BCUT2D eigenvalue weighted by Crippen LogP contribution is -2.27. The molecule has 1 rings (SSSR count). The Morgan fingerprint density at radius 1 is 1.56 bits per heavy atom. The van der Waals surface area contributed by atoms with Gasteiger partial charge in [-0.15, -0.1) is 0 Å². The predicted octanol–water partition coefficient (Wildman–Crippen LogP) is 2.66. The highest BCUT2D eigenvalue weighted by atomic mass is 16.5. The molecule has 0 aliphatic carbocycles. The fourth-order valence-electron chi connectivity index (χ4n) is 1.15. The summed E-state index contributed by atoms with van der Waals surface area (Å²) in [5, 5.41) is 9.01. The summed E-state index contributed by atoms with van der Waals surface area (Å²) in [6.07, 6.45) is 2.13. The molecular weight excluding hydrogens is 206 g/mol. The van der Waals surface area contributed by atoms with Crippen LogP contribution in [0.15, 0.2) is 12.3 Å². The lowest BCUT2D eigenvalue weighted by molar-refractivity contribution is 0.0671. The lowest BCUT2D eigenvalue weighted by atomic mass is 10.1. The maximum atomic E-state index is 11.0. The molecule has 0 unspecified atom stereocenters. The van der Waals surface area contributed by atoms with Crippen molar-refractivity contribution in [1.82, 2.24) is 4.98 Å². The second-order valence-electron chi connectivity index (χ2n) is 4.34. The number of ether oxygens (including phenoxy) is 1. The van der Waals surface area contributed by atoms with Crippen molar-refractivity contribution >= 4 is 5.97 Å². The first-order valence-electron chi connectivity index (χ1n) is 5.24. The minimum Gasteiger partial charge on any atom is -0.487 e. The van der Waals surface area contributed by atoms with E-state index in [1.54, 1.807) is 13.0 Å². The number of hydrogen-bond donors (Lipinski definition) is 1. The number of carbonyl (C=O) groups is 1. The van der Waals surface area contributed by atoms with Gasteiger partial charge in [-0.3, -0.25) is 4.98 Å². The number of hydrogen-bond acceptors (Lipinski definition) is 3. The van der Waals surface area contributed by atoms with Gasteiger partial charge in [0.05, 0.1) is 0 Å². The van der Waals surface area contributed by atoms with Gasteiger partial charge in [0.15, 0.2) is 0 Å². The van der Waals surface area contributed by atoms with Crippen molar-refractivity contribution in [1.29, 1.82) is 0 Å². The normalized spacial score (nSPS) is 11.2. The molecule has 0 bridgehead atoms. The molecule has 1 N–H and O–H groups in total. The van der Waals surface area contributed by atoms with Gasteiger partial charge in [-0.25, -0.2) is 4.79 Å². The Morgan fingerprint density at radius 2 is 2.19 bits per heavy atom. The molecule has 1 aromatic rings. The van der Waals surface area contributed by atoms with E-state index in [1.807, 2.05) is 20.8 Å². The molecule has 1 heterocycles. The van der Waals surface area contributed by atoms with Crippen molar-refractivity contribution in [2.75, 3.05) is 0 Å². The molecule has 0 aromatic carbocycles. The summed E-state index contributed by atoms with van der Waals surface area (Å²) in [7, 11) is 0. The smallest absolute Gasteiger partial charge is 0.341 e. The molecule has 0 fully saturated rings. The molecule has 1 aromatic heterocycles. The summed E-state index contributed by atoms with van der Waals surface area (Å²) in [4.78, 5) is 14.9. The Labute approximate surface area is 95.3 Å². The van der Waals surface area contributed by atoms with Crippen LogP contribution < -0.4 is 4.74 Å². The Morgan fingerprint density at radius 3 is 2.69 bits per heavy atom. The standard InChI is InChI=1S/C12H17NO3/c1-5-12(3,4)16-10-6-8(2)13-7-9(10)11(14)15/h6-7H,5H2,1-4H3,(H,14,15). The van der Waals surface area contributed by atoms with E-state index in [-0.39, 0.29) is 11.2 Å². The van der Waals surface area contributed by atoms with Gasteiger partial charge in [-0.05, 0) is 27.2 Å². The third kappa shape index (κ3) is 2.95. The molecule has 0 saturated carbocycles. The first-order valence-corrected chi connectivity index (χ1v) is 5.24. The van der Waals surface area contributed by atoms with Crippen LogP contribution >= 0.6 is 0 Å². The van der Waals surface area contributed by atoms with Crippen molar-refractivity contribution in [3.05, 3.63) is 23.5 Å². The van der Waals surface area contributed by atoms with E-state index in [4.69, 9.17) is 9.84 Å². The monoisotopic (exact) mass is 223 g/mol. The van der Waals surface area contributed by atoms with Crippen LogP contribution in [0.3, 0.4) is 0 Å². The molecule has 16 heavy (non-hydrogen) atoms. The summed E-state index contributed by atoms with van der Waals surface area (Å²) in [6, 6.07) is 1.65. The summed E-state index contributed by atoms with van der Waals surface area (Å²) in [5.74, 6) is -0.638. The van der Waals surface area contributed by atoms with Crippen molar-refractivity contribution in [3.63, 3.8) is 0 Å². The van der Waals surface area contributed by atoms with Gasteiger partial charge in [0.1, 0.15) is 16.9 Å². The molecular formula is C12H17NO3. The minimum atomic E-state index is -1.02. The molecule has 0 spiro atoms. The fraction of sp³-hybridized carbons (Fsp3) is 0.500. The van der Waals surface area contributed by atoms with Crippen LogP contribution in [-0.4, -0.2) is 21.7 Å². The van der Waals surface area contributed by atoms with Gasteiger partial charge in [-0.1, -0.05) is 6.92 Å². The van der Waals surface area contributed by atoms with Gasteiger partial charge in [0.25, 0.3) is 0 Å². The second-order valence-corrected chi connectivity index (χ2v) is 4.34. The number of aryl methyl sites for hydroxylation is 1. The van der Waals surface area contributed by atoms with Crippen LogP contribution in [0.5, 0.6) is 5.75 Å². The van der Waals surface area contributed by atoms with Gasteiger partial charge < -0.3 is 9.84 Å². The van der Waals surface area contributed by atoms with Crippen LogP contribution in [0.1, 0.15) is 43.2 Å². The topological polar surface area (TPSA) is 59.4 Å². The average molecular weight is 223 g/mol. The van der Waals surface area contributed by atoms with Crippen LogP contribution in [0.25, 0.3) is 0 Å². The number of rotatable bonds is 4. The van der Waals surface area contributed by atoms with Gasteiger partial charge >= 0.3 is 5.97 Å². The van der Waals surface area contributed by atoms with Gasteiger partial charge in [-0.2, -0.15) is 0 Å². The molecule has 88 valence electrons. The fourth-order valence-corrected chi connectivity index (χ4v) is 1.15. The van der Waals surface area contributed by atoms with Crippen molar-refractivity contribution in [2.24, 2.45) is 0 Å². The Balaban J connectivity index is 3.10. The average Bonchev–Trinajstić information content (AvgIpc) is 2.16. The van der Waals surface area contributed by atoms with E-state index in [2.05, 4.69) is 4.98 Å². The van der Waals surface area contributed by atoms with Crippen LogP contribution in [-0.2, 0) is 0 Å². The van der Waals surface area contributed by atoms with Crippen LogP contribution in [0.2, 0.25) is 0 Å². The molecule has 0 atom stereocenters. The largest absolute Gasteiger partial charge is 0.487 e. The maximum Gasteiger partial charge on any atom is 0.341 e. The zero-order valence-electron chi connectivity index (χ0n) is 10.1. The van der Waals surface area contributed by atoms with Gasteiger partial charge in [0, 0.05) is 18.0 Å². The highest BCUT2D eigenvalue weighted by Crippen LogP contribution is 2.25. The van der Waals surface area contributed by atoms with Crippen molar-refractivity contribution in [2.45, 2.75) is 39.7 Å². The molecule has 4 nitrogen and oxygen atoms in total. The maximum absolute atomic E-state index is 11.0. The molecule has 0 aliphatic heterocycles. The van der Waals surface area contributed by atoms with Crippen LogP contribution in [0, 0.1) is 6.92 Å². The minimum absolute atomic E-state index is 0.104. The van der Waals surface area contributed by atoms with E-state index >= 15 is 0 Å². The number of carboxylic acid groups (broad SMARTS) is 1. The third-order valence-electron chi connectivity index (χ3n) is 2.47. The summed E-state index contributed by atoms with van der Waals surface area (Å²) in [6.45, 7) is 7.65. The summed E-state index contributed by atoms with van der Waals surface area (Å²) < 4.78 is 5.70. The van der Waals surface area contributed by atoms with E-state index in [0.29, 0.717) is 5.75 Å². The number of aromatic nitrogens is 1. The Kier molecular flexibility index (Phi) is 3.52. The molecule has 0 aliphatic rings. The highest BCUT2D eigenvalue weighted by molar-refractivity contribution is 5.90. The SMILES string of the molecule is CCC(C)(C)Oc1cc(C)ncc1C(=O)O. The van der Waals surface area contributed by atoms with Crippen molar-refractivity contribution in [3.8, 4) is 5.75 Å². The number of pyridine rings is 1. The number of aromatic carboxylic acids is 1. The summed E-state index contributed by atoms with van der Waals surface area (Å²) >= 11 is 0.